The number of benzene rings is 4. The van der Waals surface area contributed by atoms with Gasteiger partial charge in [0.15, 0.2) is 0 Å². The lowest BCUT2D eigenvalue weighted by molar-refractivity contribution is 0.551. The molecular weight excluding hydrogens is 689 g/mol. The van der Waals surface area contributed by atoms with Crippen molar-refractivity contribution in [3.63, 3.8) is 0 Å². The minimum Gasteiger partial charge on any atom is -0.399 e. The van der Waals surface area contributed by atoms with Crippen molar-refractivity contribution in [3.05, 3.63) is 130 Å². The van der Waals surface area contributed by atoms with Crippen molar-refractivity contribution in [2.24, 2.45) is 0 Å². The van der Waals surface area contributed by atoms with Crippen LogP contribution in [0.4, 0.5) is 11.4 Å². The molecule has 0 radical (unpaired) electrons. The molecule has 2 nitrogen and oxygen atoms in total. The van der Waals surface area contributed by atoms with Crippen LogP contribution in [0.25, 0.3) is 0 Å². The highest BCUT2D eigenvalue weighted by Crippen LogP contribution is 2.37. The SMILES string of the molecule is CCCCCCCCCCC(c1ccc(N)cc1)c1ccc(C(CCCCCCCC)c2ccc(C(CCCCCCCCCC)c3ccc(N)cc3)cc2)cc1. The third-order valence-electron chi connectivity index (χ3n) is 12.7. The first-order valence-corrected chi connectivity index (χ1v) is 23.9. The van der Waals surface area contributed by atoms with Crippen LogP contribution in [0.15, 0.2) is 97.1 Å². The molecule has 312 valence electrons. The summed E-state index contributed by atoms with van der Waals surface area (Å²) in [6.45, 7) is 6.91. The quantitative estimate of drug-likeness (QED) is 0.0395. The van der Waals surface area contributed by atoms with Gasteiger partial charge in [0.1, 0.15) is 0 Å². The maximum Gasteiger partial charge on any atom is 0.0314 e. The van der Waals surface area contributed by atoms with E-state index < -0.39 is 0 Å². The van der Waals surface area contributed by atoms with Gasteiger partial charge in [-0.25, -0.2) is 0 Å². The van der Waals surface area contributed by atoms with Crippen molar-refractivity contribution < 1.29 is 0 Å². The number of anilines is 2. The Kier molecular flexibility index (Phi) is 22.7. The number of rotatable bonds is 31. The van der Waals surface area contributed by atoms with Crippen molar-refractivity contribution in [3.8, 4) is 0 Å². The Labute approximate surface area is 351 Å². The zero-order chi connectivity index (χ0) is 40.3. The number of hydrogen-bond acceptors (Lipinski definition) is 2. The Morgan fingerprint density at radius 1 is 0.263 bits per heavy atom. The van der Waals surface area contributed by atoms with E-state index in [1.807, 2.05) is 0 Å². The van der Waals surface area contributed by atoms with Gasteiger partial charge in [-0.2, -0.15) is 0 Å². The number of nitrogen functional groups attached to an aromatic ring is 2. The molecule has 2 unspecified atom stereocenters. The van der Waals surface area contributed by atoms with Gasteiger partial charge in [-0.05, 0) is 76.9 Å². The van der Waals surface area contributed by atoms with Gasteiger partial charge < -0.3 is 11.5 Å². The van der Waals surface area contributed by atoms with E-state index in [-0.39, 0.29) is 0 Å². The molecule has 0 amide bonds. The second kappa shape index (κ2) is 28.0. The van der Waals surface area contributed by atoms with E-state index in [0.29, 0.717) is 17.8 Å². The molecule has 57 heavy (non-hydrogen) atoms. The van der Waals surface area contributed by atoms with Gasteiger partial charge >= 0.3 is 0 Å². The van der Waals surface area contributed by atoms with Crippen LogP contribution in [0, 0.1) is 0 Å². The van der Waals surface area contributed by atoms with Gasteiger partial charge in [0, 0.05) is 29.1 Å². The van der Waals surface area contributed by atoms with Crippen LogP contribution in [0.1, 0.15) is 232 Å². The van der Waals surface area contributed by atoms with E-state index >= 15 is 0 Å². The third kappa shape index (κ3) is 17.1. The lowest BCUT2D eigenvalue weighted by atomic mass is 9.81. The Morgan fingerprint density at radius 3 is 0.649 bits per heavy atom. The molecule has 0 aromatic heterocycles. The highest BCUT2D eigenvalue weighted by molar-refractivity contribution is 5.45. The maximum absolute atomic E-state index is 6.14. The lowest BCUT2D eigenvalue weighted by Gasteiger charge is -2.23. The van der Waals surface area contributed by atoms with E-state index in [0.717, 1.165) is 11.4 Å². The van der Waals surface area contributed by atoms with E-state index in [4.69, 9.17) is 11.5 Å². The fraction of sp³-hybridized carbons (Fsp3) is 0.564. The first-order chi connectivity index (χ1) is 28.0. The summed E-state index contributed by atoms with van der Waals surface area (Å²) in [5.74, 6) is 1.22. The van der Waals surface area contributed by atoms with Gasteiger partial charge in [-0.3, -0.25) is 0 Å². The van der Waals surface area contributed by atoms with Crippen LogP contribution in [-0.4, -0.2) is 0 Å². The van der Waals surface area contributed by atoms with Crippen LogP contribution < -0.4 is 11.5 Å². The monoisotopic (exact) mass is 771 g/mol. The molecule has 2 heteroatoms. The first kappa shape index (κ1) is 46.2. The highest BCUT2D eigenvalue weighted by Gasteiger charge is 2.20. The summed E-state index contributed by atoms with van der Waals surface area (Å²) in [5.41, 5.74) is 22.5. The van der Waals surface area contributed by atoms with Crippen molar-refractivity contribution in [1.82, 2.24) is 0 Å². The van der Waals surface area contributed by atoms with Crippen LogP contribution in [0.5, 0.6) is 0 Å². The molecule has 4 rings (SSSR count). The highest BCUT2D eigenvalue weighted by atomic mass is 14.5. The van der Waals surface area contributed by atoms with Gasteiger partial charge in [-0.1, -0.05) is 235 Å². The summed E-state index contributed by atoms with van der Waals surface area (Å²) in [6.07, 6.45) is 33.2. The average molecular weight is 771 g/mol. The Hall–Kier alpha value is -3.52. The predicted molar refractivity (Wildman–Crippen MR) is 253 cm³/mol. The van der Waals surface area contributed by atoms with E-state index in [2.05, 4.69) is 118 Å². The van der Waals surface area contributed by atoms with Gasteiger partial charge in [0.05, 0.1) is 0 Å². The van der Waals surface area contributed by atoms with Crippen LogP contribution in [0.2, 0.25) is 0 Å². The number of hydrogen-bond donors (Lipinski definition) is 2. The molecule has 4 N–H and O–H groups in total. The van der Waals surface area contributed by atoms with E-state index in [9.17, 15) is 0 Å². The summed E-state index contributed by atoms with van der Waals surface area (Å²) in [5, 5.41) is 0. The van der Waals surface area contributed by atoms with Gasteiger partial charge in [-0.15, -0.1) is 0 Å². The standard InChI is InChI=1S/C55H82N2/c1-4-7-10-13-16-18-21-24-27-54(49-37-41-51(56)42-38-49)47-33-29-45(30-34-47)53(26-23-20-15-12-9-6-3)46-31-35-48(36-32-46)55(50-39-43-52(57)44-40-50)28-25-22-19-17-14-11-8-5-2/h29-44,53-55H,4-28,56-57H2,1-3H3. The summed E-state index contributed by atoms with van der Waals surface area (Å²) >= 11 is 0. The summed E-state index contributed by atoms with van der Waals surface area (Å²) < 4.78 is 0. The van der Waals surface area contributed by atoms with E-state index in [1.165, 1.54) is 194 Å². The Morgan fingerprint density at radius 2 is 0.439 bits per heavy atom. The zero-order valence-electron chi connectivity index (χ0n) is 36.8. The van der Waals surface area contributed by atoms with Crippen LogP contribution >= 0.6 is 0 Å². The van der Waals surface area contributed by atoms with Gasteiger partial charge in [0.2, 0.25) is 0 Å². The smallest absolute Gasteiger partial charge is 0.0314 e. The molecule has 4 aromatic carbocycles. The molecule has 4 aromatic rings. The predicted octanol–water partition coefficient (Wildman–Crippen LogP) is 17.1. The van der Waals surface area contributed by atoms with E-state index in [1.54, 1.807) is 0 Å². The fourth-order valence-corrected chi connectivity index (χ4v) is 9.05. The molecule has 0 fully saturated rings. The minimum absolute atomic E-state index is 0.405. The maximum atomic E-state index is 6.14. The van der Waals surface area contributed by atoms with Crippen LogP contribution in [-0.2, 0) is 0 Å². The molecular formula is C55H82N2. The molecule has 2 atom stereocenters. The molecule has 0 aliphatic rings. The topological polar surface area (TPSA) is 52.0 Å². The van der Waals surface area contributed by atoms with Crippen molar-refractivity contribution in [2.45, 2.75) is 199 Å². The average Bonchev–Trinajstić information content (AvgIpc) is 3.24. The molecule has 0 saturated heterocycles. The Balaban J connectivity index is 1.50. The number of unbranched alkanes of at least 4 members (excludes halogenated alkanes) is 19. The first-order valence-electron chi connectivity index (χ1n) is 23.9. The molecule has 0 saturated carbocycles. The summed E-state index contributed by atoms with van der Waals surface area (Å²) in [7, 11) is 0. The zero-order valence-corrected chi connectivity index (χ0v) is 36.8. The summed E-state index contributed by atoms with van der Waals surface area (Å²) in [6, 6.07) is 37.0. The second-order valence-corrected chi connectivity index (χ2v) is 17.4. The van der Waals surface area contributed by atoms with Crippen molar-refractivity contribution in [2.75, 3.05) is 11.5 Å². The Bertz CT molecular complexity index is 1440. The normalized spacial score (nSPS) is 13.1. The molecule has 0 bridgehead atoms. The minimum atomic E-state index is 0.405. The molecule has 0 aliphatic heterocycles. The lowest BCUT2D eigenvalue weighted by Crippen LogP contribution is -2.06. The van der Waals surface area contributed by atoms with Crippen molar-refractivity contribution in [1.29, 1.82) is 0 Å². The molecule has 0 heterocycles. The summed E-state index contributed by atoms with van der Waals surface area (Å²) in [4.78, 5) is 0. The molecule has 0 aliphatic carbocycles. The van der Waals surface area contributed by atoms with Crippen molar-refractivity contribution >= 4 is 11.4 Å². The third-order valence-corrected chi connectivity index (χ3v) is 12.7. The fourth-order valence-electron chi connectivity index (χ4n) is 9.05. The largest absolute Gasteiger partial charge is 0.399 e. The van der Waals surface area contributed by atoms with Gasteiger partial charge in [0.25, 0.3) is 0 Å². The number of nitrogens with two attached hydrogens (primary N) is 2. The molecule has 0 spiro atoms. The second-order valence-electron chi connectivity index (χ2n) is 17.4. The van der Waals surface area contributed by atoms with Crippen LogP contribution in [0.3, 0.4) is 0 Å².